The van der Waals surface area contributed by atoms with Crippen molar-refractivity contribution in [3.63, 3.8) is 0 Å². The van der Waals surface area contributed by atoms with Gasteiger partial charge < -0.3 is 15.4 Å². The Morgan fingerprint density at radius 1 is 1.18 bits per heavy atom. The molecule has 0 spiro atoms. The van der Waals surface area contributed by atoms with Crippen molar-refractivity contribution in [3.05, 3.63) is 29.8 Å². The van der Waals surface area contributed by atoms with E-state index in [1.807, 2.05) is 0 Å². The van der Waals surface area contributed by atoms with Crippen molar-refractivity contribution in [2.75, 3.05) is 19.6 Å². The minimum absolute atomic E-state index is 0. The van der Waals surface area contributed by atoms with Crippen molar-refractivity contribution in [1.29, 1.82) is 0 Å². The average Bonchev–Trinajstić information content (AvgIpc) is 2.68. The molecule has 0 unspecified atom stereocenters. The maximum absolute atomic E-state index is 12.0. The van der Waals surface area contributed by atoms with Crippen molar-refractivity contribution in [3.8, 4) is 5.75 Å². The van der Waals surface area contributed by atoms with Crippen molar-refractivity contribution < 1.29 is 17.9 Å². The molecule has 124 valence electrons. The third-order valence-corrected chi connectivity index (χ3v) is 3.01. The molecule has 0 aliphatic carbocycles. The molecule has 0 bridgehead atoms. The van der Waals surface area contributed by atoms with E-state index in [1.165, 1.54) is 12.1 Å². The predicted molar refractivity (Wildman–Crippen MR) is 84.7 cm³/mol. The molecule has 1 aromatic rings. The molecule has 1 heterocycles. The summed E-state index contributed by atoms with van der Waals surface area (Å²) >= 11 is 0. The van der Waals surface area contributed by atoms with Gasteiger partial charge in [-0.05, 0) is 37.0 Å². The van der Waals surface area contributed by atoms with Crippen LogP contribution in [-0.4, -0.2) is 32.0 Å². The van der Waals surface area contributed by atoms with Crippen LogP contribution in [0.25, 0.3) is 0 Å². The highest BCUT2D eigenvalue weighted by molar-refractivity contribution is 8.93. The van der Waals surface area contributed by atoms with Crippen LogP contribution in [0.2, 0.25) is 0 Å². The summed E-state index contributed by atoms with van der Waals surface area (Å²) in [7, 11) is 0. The van der Waals surface area contributed by atoms with Crippen LogP contribution in [0.15, 0.2) is 29.3 Å². The molecule has 2 N–H and O–H groups in total. The number of guanidine groups is 1. The topological polar surface area (TPSA) is 45.6 Å². The van der Waals surface area contributed by atoms with Crippen LogP contribution in [0, 0.1) is 0 Å². The van der Waals surface area contributed by atoms with Gasteiger partial charge in [0.05, 0.1) is 0 Å². The average molecular weight is 382 g/mol. The Bertz CT molecular complexity index is 477. The van der Waals surface area contributed by atoms with Gasteiger partial charge in [-0.1, -0.05) is 12.1 Å². The number of alkyl halides is 3. The number of halogens is 4. The van der Waals surface area contributed by atoms with Crippen molar-refractivity contribution in [2.24, 2.45) is 4.99 Å². The van der Waals surface area contributed by atoms with E-state index < -0.39 is 6.36 Å². The standard InChI is InChI=1S/C14H18F3N3O.BrH/c15-14(16,17)21-12-5-3-11(4-6-12)7-10-20-13-18-8-1-2-9-19-13;/h3-6H,1-2,7-10H2,(H2,18,19,20);1H. The summed E-state index contributed by atoms with van der Waals surface area (Å²) in [5, 5.41) is 6.39. The Balaban J connectivity index is 0.00000242. The van der Waals surface area contributed by atoms with E-state index in [-0.39, 0.29) is 22.7 Å². The lowest BCUT2D eigenvalue weighted by molar-refractivity contribution is -0.274. The van der Waals surface area contributed by atoms with Crippen molar-refractivity contribution in [2.45, 2.75) is 25.6 Å². The summed E-state index contributed by atoms with van der Waals surface area (Å²) in [4.78, 5) is 4.36. The van der Waals surface area contributed by atoms with Crippen LogP contribution in [0.5, 0.6) is 5.75 Å². The number of nitrogens with one attached hydrogen (secondary N) is 2. The summed E-state index contributed by atoms with van der Waals surface area (Å²) in [6.07, 6.45) is -1.76. The minimum Gasteiger partial charge on any atom is -0.406 e. The number of rotatable bonds is 4. The molecule has 0 saturated carbocycles. The van der Waals surface area contributed by atoms with E-state index in [1.54, 1.807) is 12.1 Å². The molecule has 2 rings (SSSR count). The molecule has 0 fully saturated rings. The second-order valence-electron chi connectivity index (χ2n) is 4.73. The second kappa shape index (κ2) is 8.87. The van der Waals surface area contributed by atoms with Gasteiger partial charge in [-0.2, -0.15) is 0 Å². The number of aliphatic imine (C=N–C) groups is 1. The Morgan fingerprint density at radius 2 is 1.91 bits per heavy atom. The van der Waals surface area contributed by atoms with Gasteiger partial charge in [0, 0.05) is 19.6 Å². The molecule has 0 amide bonds. The van der Waals surface area contributed by atoms with E-state index in [2.05, 4.69) is 20.4 Å². The SMILES string of the molecule is Br.FC(F)(F)Oc1ccc(CCNC2=NCCCCN2)cc1. The molecule has 4 nitrogen and oxygen atoms in total. The zero-order valence-corrected chi connectivity index (χ0v) is 13.7. The number of nitrogens with zero attached hydrogens (tertiary/aromatic N) is 1. The van der Waals surface area contributed by atoms with E-state index in [0.29, 0.717) is 13.0 Å². The Morgan fingerprint density at radius 3 is 2.59 bits per heavy atom. The summed E-state index contributed by atoms with van der Waals surface area (Å²) in [5.74, 6) is 0.596. The number of hydrogen-bond donors (Lipinski definition) is 2. The molecule has 0 saturated heterocycles. The maximum atomic E-state index is 12.0. The van der Waals surface area contributed by atoms with Gasteiger partial charge in [0.2, 0.25) is 0 Å². The monoisotopic (exact) mass is 381 g/mol. The predicted octanol–water partition coefficient (Wildman–Crippen LogP) is 3.03. The van der Waals surface area contributed by atoms with Crippen LogP contribution < -0.4 is 15.4 Å². The fraction of sp³-hybridized carbons (Fsp3) is 0.500. The van der Waals surface area contributed by atoms with Gasteiger partial charge in [0.15, 0.2) is 5.96 Å². The van der Waals surface area contributed by atoms with Gasteiger partial charge in [0.1, 0.15) is 5.75 Å². The first-order valence-corrected chi connectivity index (χ1v) is 6.90. The quantitative estimate of drug-likeness (QED) is 0.842. The molecule has 0 aromatic heterocycles. The highest BCUT2D eigenvalue weighted by atomic mass is 79.9. The Labute approximate surface area is 137 Å². The second-order valence-corrected chi connectivity index (χ2v) is 4.73. The summed E-state index contributed by atoms with van der Waals surface area (Å²) < 4.78 is 39.9. The van der Waals surface area contributed by atoms with Crippen LogP contribution >= 0.6 is 17.0 Å². The van der Waals surface area contributed by atoms with Crippen LogP contribution in [0.4, 0.5) is 13.2 Å². The summed E-state index contributed by atoms with van der Waals surface area (Å²) in [5.41, 5.74) is 0.936. The lowest BCUT2D eigenvalue weighted by atomic mass is 10.1. The highest BCUT2D eigenvalue weighted by Gasteiger charge is 2.30. The molecular formula is C14H19BrF3N3O. The van der Waals surface area contributed by atoms with E-state index >= 15 is 0 Å². The molecule has 22 heavy (non-hydrogen) atoms. The largest absolute Gasteiger partial charge is 0.573 e. The maximum Gasteiger partial charge on any atom is 0.573 e. The van der Waals surface area contributed by atoms with Gasteiger partial charge in [-0.15, -0.1) is 30.2 Å². The molecule has 8 heteroatoms. The van der Waals surface area contributed by atoms with E-state index in [9.17, 15) is 13.2 Å². The molecule has 0 radical (unpaired) electrons. The molecule has 1 aliphatic heterocycles. The molecule has 0 atom stereocenters. The minimum atomic E-state index is -4.65. The van der Waals surface area contributed by atoms with Crippen LogP contribution in [0.1, 0.15) is 18.4 Å². The first kappa shape index (κ1) is 18.6. The zero-order valence-electron chi connectivity index (χ0n) is 11.9. The fourth-order valence-corrected chi connectivity index (χ4v) is 1.99. The number of hydrogen-bond acceptors (Lipinski definition) is 4. The molecular weight excluding hydrogens is 363 g/mol. The van der Waals surface area contributed by atoms with Gasteiger partial charge in [0.25, 0.3) is 0 Å². The Hall–Kier alpha value is -1.44. The van der Waals surface area contributed by atoms with Gasteiger partial charge in [-0.3, -0.25) is 4.99 Å². The molecule has 1 aliphatic rings. The fourth-order valence-electron chi connectivity index (χ4n) is 1.99. The van der Waals surface area contributed by atoms with Gasteiger partial charge in [-0.25, -0.2) is 0 Å². The highest BCUT2D eigenvalue weighted by Crippen LogP contribution is 2.22. The van der Waals surface area contributed by atoms with E-state index in [0.717, 1.165) is 37.5 Å². The van der Waals surface area contributed by atoms with Crippen LogP contribution in [0.3, 0.4) is 0 Å². The normalized spacial score (nSPS) is 15.0. The Kier molecular flexibility index (Phi) is 7.50. The first-order chi connectivity index (χ1) is 10.0. The summed E-state index contributed by atoms with van der Waals surface area (Å²) in [6.45, 7) is 2.40. The van der Waals surface area contributed by atoms with Crippen molar-refractivity contribution >= 4 is 22.9 Å². The smallest absolute Gasteiger partial charge is 0.406 e. The van der Waals surface area contributed by atoms with E-state index in [4.69, 9.17) is 0 Å². The zero-order chi connectivity index (χ0) is 15.1. The molecule has 1 aromatic carbocycles. The lowest BCUT2D eigenvalue weighted by Gasteiger charge is -2.11. The first-order valence-electron chi connectivity index (χ1n) is 6.90. The van der Waals surface area contributed by atoms with Crippen LogP contribution in [-0.2, 0) is 6.42 Å². The third kappa shape index (κ3) is 7.02. The summed E-state index contributed by atoms with van der Waals surface area (Å²) in [6, 6.07) is 5.91. The number of benzene rings is 1. The lowest BCUT2D eigenvalue weighted by Crippen LogP contribution is -2.38. The van der Waals surface area contributed by atoms with Crippen molar-refractivity contribution in [1.82, 2.24) is 10.6 Å². The number of ether oxygens (including phenoxy) is 1. The van der Waals surface area contributed by atoms with Gasteiger partial charge >= 0.3 is 6.36 Å². The third-order valence-electron chi connectivity index (χ3n) is 3.01.